The normalized spacial score (nSPS) is 10.5. The summed E-state index contributed by atoms with van der Waals surface area (Å²) >= 11 is 0. The molecule has 3 rings (SSSR count). The zero-order chi connectivity index (χ0) is 13.9. The highest BCUT2D eigenvalue weighted by Gasteiger charge is 2.02. The van der Waals surface area contributed by atoms with Gasteiger partial charge in [0.2, 0.25) is 0 Å². The van der Waals surface area contributed by atoms with Crippen molar-refractivity contribution in [2.45, 2.75) is 13.8 Å². The molecule has 0 fully saturated rings. The molecule has 0 aliphatic carbocycles. The molecule has 0 saturated carbocycles. The van der Waals surface area contributed by atoms with Crippen molar-refractivity contribution in [3.8, 4) is 22.4 Å². The molecule has 1 heteroatoms. The van der Waals surface area contributed by atoms with E-state index in [2.05, 4.69) is 72.6 Å². The van der Waals surface area contributed by atoms with Crippen LogP contribution in [0.5, 0.6) is 0 Å². The lowest BCUT2D eigenvalue weighted by Gasteiger charge is -2.06. The van der Waals surface area contributed by atoms with Crippen LogP contribution >= 0.6 is 0 Å². The summed E-state index contributed by atoms with van der Waals surface area (Å²) in [5.41, 5.74) is 7.00. The van der Waals surface area contributed by atoms with Gasteiger partial charge in [-0.05, 0) is 42.7 Å². The van der Waals surface area contributed by atoms with Crippen molar-refractivity contribution in [3.05, 3.63) is 78.0 Å². The molecular weight excluding hydrogens is 242 g/mol. The third-order valence-electron chi connectivity index (χ3n) is 3.39. The molecule has 2 aromatic carbocycles. The van der Waals surface area contributed by atoms with Crippen LogP contribution in [0.4, 0.5) is 0 Å². The summed E-state index contributed by atoms with van der Waals surface area (Å²) in [6.45, 7) is 4.14. The van der Waals surface area contributed by atoms with E-state index in [1.54, 1.807) is 0 Å². The Labute approximate surface area is 119 Å². The Morgan fingerprint density at radius 1 is 0.650 bits per heavy atom. The minimum absolute atomic E-state index is 1.04. The van der Waals surface area contributed by atoms with Gasteiger partial charge in [0.05, 0.1) is 5.69 Å². The molecule has 0 unspecified atom stereocenters. The van der Waals surface area contributed by atoms with E-state index < -0.39 is 0 Å². The largest absolute Gasteiger partial charge is 0.253 e. The summed E-state index contributed by atoms with van der Waals surface area (Å²) in [7, 11) is 0. The van der Waals surface area contributed by atoms with Crippen molar-refractivity contribution >= 4 is 0 Å². The molecule has 0 bridgehead atoms. The Hall–Kier alpha value is -2.41. The maximum Gasteiger partial charge on any atom is 0.0707 e. The van der Waals surface area contributed by atoms with Gasteiger partial charge < -0.3 is 0 Å². The Morgan fingerprint density at radius 3 is 1.90 bits per heavy atom. The molecule has 0 atom stereocenters. The molecule has 0 amide bonds. The summed E-state index contributed by atoms with van der Waals surface area (Å²) in [6.07, 6.45) is 0. The van der Waals surface area contributed by atoms with E-state index in [9.17, 15) is 0 Å². The number of hydrogen-bond donors (Lipinski definition) is 0. The monoisotopic (exact) mass is 259 g/mol. The first-order chi connectivity index (χ1) is 9.72. The van der Waals surface area contributed by atoms with Crippen LogP contribution in [0.2, 0.25) is 0 Å². The molecule has 1 aromatic heterocycles. The van der Waals surface area contributed by atoms with Gasteiger partial charge >= 0.3 is 0 Å². The van der Waals surface area contributed by atoms with Gasteiger partial charge in [-0.25, -0.2) is 0 Å². The second kappa shape index (κ2) is 5.30. The van der Waals surface area contributed by atoms with Crippen LogP contribution in [0.25, 0.3) is 22.4 Å². The maximum absolute atomic E-state index is 4.61. The van der Waals surface area contributed by atoms with E-state index in [-0.39, 0.29) is 0 Å². The maximum atomic E-state index is 4.61. The Kier molecular flexibility index (Phi) is 3.34. The van der Waals surface area contributed by atoms with Crippen molar-refractivity contribution in [3.63, 3.8) is 0 Å². The van der Waals surface area contributed by atoms with Crippen LogP contribution in [-0.2, 0) is 0 Å². The Bertz CT molecular complexity index is 692. The number of aryl methyl sites for hydroxylation is 2. The number of aromatic nitrogens is 1. The highest BCUT2D eigenvalue weighted by Crippen LogP contribution is 2.24. The quantitative estimate of drug-likeness (QED) is 0.628. The lowest BCUT2D eigenvalue weighted by molar-refractivity contribution is 1.18. The average molecular weight is 259 g/mol. The van der Waals surface area contributed by atoms with Gasteiger partial charge in [-0.15, -0.1) is 0 Å². The summed E-state index contributed by atoms with van der Waals surface area (Å²) in [4.78, 5) is 4.61. The van der Waals surface area contributed by atoms with Gasteiger partial charge in [0.1, 0.15) is 0 Å². The number of benzene rings is 2. The van der Waals surface area contributed by atoms with Crippen molar-refractivity contribution in [1.29, 1.82) is 0 Å². The fourth-order valence-electron chi connectivity index (χ4n) is 2.45. The summed E-state index contributed by atoms with van der Waals surface area (Å²) in [6, 6.07) is 23.3. The highest BCUT2D eigenvalue weighted by atomic mass is 14.7. The zero-order valence-electron chi connectivity index (χ0n) is 11.8. The fourth-order valence-corrected chi connectivity index (χ4v) is 2.45. The first-order valence-corrected chi connectivity index (χ1v) is 6.83. The summed E-state index contributed by atoms with van der Waals surface area (Å²) in [5, 5.41) is 0. The highest BCUT2D eigenvalue weighted by molar-refractivity contribution is 5.69. The third kappa shape index (κ3) is 2.62. The van der Waals surface area contributed by atoms with Crippen LogP contribution in [0, 0.1) is 13.8 Å². The SMILES string of the molecule is Cc1cc(C)nc(-c2ccc(-c3ccccc3)cc2)c1. The first kappa shape index (κ1) is 12.6. The number of rotatable bonds is 2. The van der Waals surface area contributed by atoms with Crippen molar-refractivity contribution < 1.29 is 0 Å². The Morgan fingerprint density at radius 2 is 1.25 bits per heavy atom. The Balaban J connectivity index is 1.97. The van der Waals surface area contributed by atoms with E-state index in [4.69, 9.17) is 0 Å². The van der Waals surface area contributed by atoms with Crippen molar-refractivity contribution in [1.82, 2.24) is 4.98 Å². The van der Waals surface area contributed by atoms with Crippen molar-refractivity contribution in [2.75, 3.05) is 0 Å². The second-order valence-electron chi connectivity index (χ2n) is 5.11. The van der Waals surface area contributed by atoms with Gasteiger partial charge in [-0.2, -0.15) is 0 Å². The average Bonchev–Trinajstić information content (AvgIpc) is 2.47. The molecule has 1 nitrogen and oxygen atoms in total. The lowest BCUT2D eigenvalue weighted by atomic mass is 10.0. The summed E-state index contributed by atoms with van der Waals surface area (Å²) < 4.78 is 0. The molecule has 0 radical (unpaired) electrons. The lowest BCUT2D eigenvalue weighted by Crippen LogP contribution is -1.89. The van der Waals surface area contributed by atoms with Gasteiger partial charge in [0, 0.05) is 11.3 Å². The number of hydrogen-bond acceptors (Lipinski definition) is 1. The number of pyridine rings is 1. The predicted molar refractivity (Wildman–Crippen MR) is 84.6 cm³/mol. The molecule has 98 valence electrons. The summed E-state index contributed by atoms with van der Waals surface area (Å²) in [5.74, 6) is 0. The molecule has 20 heavy (non-hydrogen) atoms. The van der Waals surface area contributed by atoms with Crippen LogP contribution in [-0.4, -0.2) is 4.98 Å². The minimum atomic E-state index is 1.04. The smallest absolute Gasteiger partial charge is 0.0707 e. The first-order valence-electron chi connectivity index (χ1n) is 6.83. The molecule has 0 aliphatic rings. The second-order valence-corrected chi connectivity index (χ2v) is 5.11. The molecular formula is C19H17N. The third-order valence-corrected chi connectivity index (χ3v) is 3.39. The number of nitrogens with zero attached hydrogens (tertiary/aromatic N) is 1. The van der Waals surface area contributed by atoms with E-state index in [0.29, 0.717) is 0 Å². The van der Waals surface area contributed by atoms with Gasteiger partial charge in [0.15, 0.2) is 0 Å². The van der Waals surface area contributed by atoms with Gasteiger partial charge in [0.25, 0.3) is 0 Å². The molecule has 3 aromatic rings. The van der Waals surface area contributed by atoms with E-state index >= 15 is 0 Å². The zero-order valence-corrected chi connectivity index (χ0v) is 11.8. The fraction of sp³-hybridized carbons (Fsp3) is 0.105. The van der Waals surface area contributed by atoms with Crippen LogP contribution in [0.1, 0.15) is 11.3 Å². The van der Waals surface area contributed by atoms with E-state index in [0.717, 1.165) is 17.0 Å². The molecule has 0 spiro atoms. The van der Waals surface area contributed by atoms with Crippen molar-refractivity contribution in [2.24, 2.45) is 0 Å². The van der Waals surface area contributed by atoms with Gasteiger partial charge in [-0.3, -0.25) is 4.98 Å². The minimum Gasteiger partial charge on any atom is -0.253 e. The topological polar surface area (TPSA) is 12.9 Å². The predicted octanol–water partition coefficient (Wildman–Crippen LogP) is 5.03. The molecule has 0 N–H and O–H groups in total. The molecule has 0 saturated heterocycles. The van der Waals surface area contributed by atoms with Crippen LogP contribution in [0.3, 0.4) is 0 Å². The van der Waals surface area contributed by atoms with E-state index in [1.165, 1.54) is 16.7 Å². The van der Waals surface area contributed by atoms with Crippen LogP contribution < -0.4 is 0 Å². The molecule has 1 heterocycles. The van der Waals surface area contributed by atoms with Gasteiger partial charge in [-0.1, -0.05) is 54.6 Å². The van der Waals surface area contributed by atoms with Crippen LogP contribution in [0.15, 0.2) is 66.7 Å². The standard InChI is InChI=1S/C19H17N/c1-14-12-15(2)20-19(13-14)18-10-8-17(9-11-18)16-6-4-3-5-7-16/h3-13H,1-2H3. The molecule has 0 aliphatic heterocycles. The van der Waals surface area contributed by atoms with E-state index in [1.807, 2.05) is 13.0 Å².